The molecule has 5 nitrogen and oxygen atoms in total. The lowest BCUT2D eigenvalue weighted by atomic mass is 10.0. The fourth-order valence-electron chi connectivity index (χ4n) is 1.99. The lowest BCUT2D eigenvalue weighted by molar-refractivity contribution is 0.171. The van der Waals surface area contributed by atoms with Crippen molar-refractivity contribution in [3.05, 3.63) is 23.9 Å². The van der Waals surface area contributed by atoms with Crippen molar-refractivity contribution in [2.75, 3.05) is 18.9 Å². The molecule has 0 saturated heterocycles. The second-order valence-electron chi connectivity index (χ2n) is 4.01. The molecule has 0 bridgehead atoms. The van der Waals surface area contributed by atoms with Crippen molar-refractivity contribution in [3.8, 4) is 22.6 Å². The monoisotopic (exact) mass is 231 g/mol. The van der Waals surface area contributed by atoms with E-state index in [4.69, 9.17) is 15.2 Å². The molecule has 88 valence electrons. The van der Waals surface area contributed by atoms with Gasteiger partial charge in [-0.3, -0.25) is 5.10 Å². The smallest absolute Gasteiger partial charge is 0.162 e. The molecule has 0 saturated carbocycles. The Morgan fingerprint density at radius 1 is 1.18 bits per heavy atom. The van der Waals surface area contributed by atoms with E-state index in [2.05, 4.69) is 10.2 Å². The minimum absolute atomic E-state index is 0.560. The predicted octanol–water partition coefficient (Wildman–Crippen LogP) is 1.74. The number of fused-ring (bicyclic) bond motifs is 1. The normalized spacial score (nSPS) is 13.7. The highest BCUT2D eigenvalue weighted by Crippen LogP contribution is 2.38. The Bertz CT molecular complexity index is 563. The summed E-state index contributed by atoms with van der Waals surface area (Å²) >= 11 is 0. The Kier molecular flexibility index (Phi) is 2.18. The molecule has 1 aliphatic heterocycles. The minimum Gasteiger partial charge on any atom is -0.486 e. The first kappa shape index (κ1) is 10.0. The van der Waals surface area contributed by atoms with Crippen LogP contribution in [0.1, 0.15) is 5.56 Å². The molecule has 0 atom stereocenters. The summed E-state index contributed by atoms with van der Waals surface area (Å²) in [6, 6.07) is 3.92. The maximum Gasteiger partial charge on any atom is 0.162 e. The molecule has 3 N–H and O–H groups in total. The third-order valence-corrected chi connectivity index (χ3v) is 2.85. The molecule has 3 rings (SSSR count). The zero-order valence-electron chi connectivity index (χ0n) is 9.49. The molecule has 0 spiro atoms. The minimum atomic E-state index is 0.560. The predicted molar refractivity (Wildman–Crippen MR) is 64.2 cm³/mol. The molecule has 5 heteroatoms. The summed E-state index contributed by atoms with van der Waals surface area (Å²) in [5.41, 5.74) is 8.82. The molecule has 17 heavy (non-hydrogen) atoms. The van der Waals surface area contributed by atoms with Crippen molar-refractivity contribution in [1.82, 2.24) is 10.2 Å². The number of hydrogen-bond acceptors (Lipinski definition) is 4. The Balaban J connectivity index is 2.15. The maximum atomic E-state index is 5.83. The highest BCUT2D eigenvalue weighted by Gasteiger charge is 2.16. The van der Waals surface area contributed by atoms with E-state index in [9.17, 15) is 0 Å². The molecule has 2 heterocycles. The summed E-state index contributed by atoms with van der Waals surface area (Å²) in [5, 5.41) is 6.66. The zero-order chi connectivity index (χ0) is 11.8. The summed E-state index contributed by atoms with van der Waals surface area (Å²) in [6.07, 6.45) is 1.72. The number of aryl methyl sites for hydroxylation is 1. The van der Waals surface area contributed by atoms with Gasteiger partial charge in [0.1, 0.15) is 19.0 Å². The van der Waals surface area contributed by atoms with E-state index < -0.39 is 0 Å². The van der Waals surface area contributed by atoms with Crippen LogP contribution in [0, 0.1) is 6.92 Å². The Labute approximate surface area is 98.5 Å². The Hall–Kier alpha value is -2.17. The number of anilines is 1. The van der Waals surface area contributed by atoms with Gasteiger partial charge in [-0.05, 0) is 30.2 Å². The second kappa shape index (κ2) is 3.69. The number of rotatable bonds is 1. The van der Waals surface area contributed by atoms with Crippen molar-refractivity contribution in [3.63, 3.8) is 0 Å². The van der Waals surface area contributed by atoms with Crippen LogP contribution in [0.4, 0.5) is 5.82 Å². The van der Waals surface area contributed by atoms with E-state index >= 15 is 0 Å². The number of aromatic nitrogens is 2. The summed E-state index contributed by atoms with van der Waals surface area (Å²) in [5.74, 6) is 2.11. The number of nitrogen functional groups attached to an aromatic ring is 1. The molecule has 1 aromatic carbocycles. The number of nitrogens with zero attached hydrogens (tertiary/aromatic N) is 1. The van der Waals surface area contributed by atoms with Crippen LogP contribution < -0.4 is 15.2 Å². The van der Waals surface area contributed by atoms with Gasteiger partial charge in [0.25, 0.3) is 0 Å². The molecule has 1 aliphatic rings. The third-order valence-electron chi connectivity index (χ3n) is 2.85. The first-order valence-electron chi connectivity index (χ1n) is 5.45. The van der Waals surface area contributed by atoms with Crippen molar-refractivity contribution < 1.29 is 9.47 Å². The number of H-pyrrole nitrogens is 1. The molecular formula is C12H13N3O2. The van der Waals surface area contributed by atoms with Crippen molar-refractivity contribution in [1.29, 1.82) is 0 Å². The van der Waals surface area contributed by atoms with Crippen LogP contribution in [0.5, 0.6) is 11.5 Å². The van der Waals surface area contributed by atoms with Crippen LogP contribution in [0.15, 0.2) is 18.3 Å². The van der Waals surface area contributed by atoms with Crippen molar-refractivity contribution >= 4 is 5.82 Å². The molecule has 2 aromatic rings. The van der Waals surface area contributed by atoms with Crippen molar-refractivity contribution in [2.45, 2.75) is 6.92 Å². The molecular weight excluding hydrogens is 218 g/mol. The topological polar surface area (TPSA) is 73.2 Å². The van der Waals surface area contributed by atoms with Crippen LogP contribution in [0.25, 0.3) is 11.1 Å². The number of nitrogens with one attached hydrogen (secondary N) is 1. The highest BCUT2D eigenvalue weighted by atomic mass is 16.6. The molecule has 0 radical (unpaired) electrons. The van der Waals surface area contributed by atoms with Crippen LogP contribution >= 0.6 is 0 Å². The molecule has 0 unspecified atom stereocenters. The molecule has 0 aliphatic carbocycles. The molecule has 1 aromatic heterocycles. The van der Waals surface area contributed by atoms with Crippen molar-refractivity contribution in [2.24, 2.45) is 0 Å². The van der Waals surface area contributed by atoms with Gasteiger partial charge >= 0.3 is 0 Å². The Morgan fingerprint density at radius 3 is 2.53 bits per heavy atom. The van der Waals surface area contributed by atoms with Crippen LogP contribution in [-0.4, -0.2) is 23.4 Å². The van der Waals surface area contributed by atoms with E-state index in [1.165, 1.54) is 0 Å². The van der Waals surface area contributed by atoms with Gasteiger partial charge in [0.05, 0.1) is 6.20 Å². The number of nitrogens with two attached hydrogens (primary N) is 1. The quantitative estimate of drug-likeness (QED) is 0.784. The summed E-state index contributed by atoms with van der Waals surface area (Å²) in [7, 11) is 0. The van der Waals surface area contributed by atoms with Crippen LogP contribution in [0.3, 0.4) is 0 Å². The molecule has 0 amide bonds. The average Bonchev–Trinajstić information content (AvgIpc) is 2.74. The van der Waals surface area contributed by atoms with Gasteiger partial charge in [-0.15, -0.1) is 0 Å². The van der Waals surface area contributed by atoms with Gasteiger partial charge in [-0.2, -0.15) is 5.10 Å². The fraction of sp³-hybridized carbons (Fsp3) is 0.250. The lowest BCUT2D eigenvalue weighted by Gasteiger charge is -2.20. The van der Waals surface area contributed by atoms with E-state index in [0.717, 1.165) is 28.2 Å². The van der Waals surface area contributed by atoms with E-state index in [0.29, 0.717) is 19.0 Å². The van der Waals surface area contributed by atoms with E-state index in [-0.39, 0.29) is 0 Å². The zero-order valence-corrected chi connectivity index (χ0v) is 9.49. The van der Waals surface area contributed by atoms with Gasteiger partial charge < -0.3 is 15.2 Å². The Morgan fingerprint density at radius 2 is 1.88 bits per heavy atom. The van der Waals surface area contributed by atoms with E-state index in [1.54, 1.807) is 6.20 Å². The summed E-state index contributed by atoms with van der Waals surface area (Å²) in [4.78, 5) is 0. The van der Waals surface area contributed by atoms with Gasteiger partial charge in [0.15, 0.2) is 11.5 Å². The van der Waals surface area contributed by atoms with Crippen LogP contribution in [0.2, 0.25) is 0 Å². The van der Waals surface area contributed by atoms with Gasteiger partial charge in [-0.25, -0.2) is 0 Å². The van der Waals surface area contributed by atoms with Gasteiger partial charge in [0, 0.05) is 5.56 Å². The number of hydrogen-bond donors (Lipinski definition) is 2. The average molecular weight is 231 g/mol. The summed E-state index contributed by atoms with van der Waals surface area (Å²) in [6.45, 7) is 3.19. The standard InChI is InChI=1S/C12H13N3O2/c1-7-4-10-11(17-3-2-16-10)5-8(7)9-6-14-15-12(9)13/h4-6H,2-3H2,1H3,(H3,13,14,15). The first-order chi connectivity index (χ1) is 8.25. The fourth-order valence-corrected chi connectivity index (χ4v) is 1.99. The van der Waals surface area contributed by atoms with E-state index in [1.807, 2.05) is 19.1 Å². The number of ether oxygens (including phenoxy) is 2. The maximum absolute atomic E-state index is 5.83. The third kappa shape index (κ3) is 1.60. The SMILES string of the molecule is Cc1cc2c(cc1-c1cn[nH]c1N)OCCO2. The summed E-state index contributed by atoms with van der Waals surface area (Å²) < 4.78 is 11.1. The molecule has 0 fully saturated rings. The second-order valence-corrected chi connectivity index (χ2v) is 4.01. The van der Waals surface area contributed by atoms with Crippen LogP contribution in [-0.2, 0) is 0 Å². The van der Waals surface area contributed by atoms with Gasteiger partial charge in [-0.1, -0.05) is 0 Å². The number of benzene rings is 1. The largest absolute Gasteiger partial charge is 0.486 e. The number of aromatic amines is 1. The lowest BCUT2D eigenvalue weighted by Crippen LogP contribution is -2.15. The van der Waals surface area contributed by atoms with Gasteiger partial charge in [0.2, 0.25) is 0 Å². The highest BCUT2D eigenvalue weighted by molar-refractivity contribution is 5.77. The first-order valence-corrected chi connectivity index (χ1v) is 5.45.